The predicted molar refractivity (Wildman–Crippen MR) is 60.8 cm³/mol. The number of ketones is 1. The Morgan fingerprint density at radius 1 is 1.40 bits per heavy atom. The summed E-state index contributed by atoms with van der Waals surface area (Å²) >= 11 is 1.98. The molecule has 0 unspecified atom stereocenters. The van der Waals surface area contributed by atoms with Crippen LogP contribution in [0.3, 0.4) is 0 Å². The maximum absolute atomic E-state index is 12.1. The molecule has 2 atom stereocenters. The van der Waals surface area contributed by atoms with Crippen LogP contribution in [0, 0.1) is 0 Å². The van der Waals surface area contributed by atoms with Gasteiger partial charge in [-0.3, -0.25) is 4.79 Å². The summed E-state index contributed by atoms with van der Waals surface area (Å²) in [7, 11) is 0. The van der Waals surface area contributed by atoms with Crippen molar-refractivity contribution in [1.29, 1.82) is 0 Å². The zero-order valence-electron chi connectivity index (χ0n) is 9.21. The van der Waals surface area contributed by atoms with Gasteiger partial charge < -0.3 is 4.74 Å². The molecule has 82 valence electrons. The molecule has 0 N–H and O–H groups in total. The summed E-state index contributed by atoms with van der Waals surface area (Å²) in [6.45, 7) is 4.02. The maximum atomic E-state index is 12.1. The van der Waals surface area contributed by atoms with E-state index in [-0.39, 0.29) is 5.60 Å². The van der Waals surface area contributed by atoms with Gasteiger partial charge in [0.2, 0.25) is 0 Å². The van der Waals surface area contributed by atoms with Crippen molar-refractivity contribution in [2.24, 2.45) is 0 Å². The van der Waals surface area contributed by atoms with Crippen molar-refractivity contribution in [2.75, 3.05) is 0 Å². The van der Waals surface area contributed by atoms with Gasteiger partial charge in [-0.1, -0.05) is 0 Å². The molecule has 0 saturated carbocycles. The molecule has 1 saturated heterocycles. The molecule has 3 heteroatoms. The smallest absolute Gasteiger partial charge is 0.167 e. The first-order chi connectivity index (χ1) is 7.05. The van der Waals surface area contributed by atoms with Gasteiger partial charge in [-0.15, -0.1) is 11.8 Å². The Morgan fingerprint density at radius 2 is 2.20 bits per heavy atom. The third-order valence-electron chi connectivity index (χ3n) is 3.43. The van der Waals surface area contributed by atoms with E-state index in [2.05, 4.69) is 0 Å². The Labute approximate surface area is 94.4 Å². The number of allylic oxidation sites excluding steroid dienone is 1. The number of hydrogen-bond acceptors (Lipinski definition) is 3. The van der Waals surface area contributed by atoms with Crippen molar-refractivity contribution >= 4 is 17.5 Å². The largest absolute Gasteiger partial charge is 0.491 e. The third-order valence-corrected chi connectivity index (χ3v) is 5.02. The standard InChI is InChI=1S/C12H16O2S/c1-12(2)6-8(13)11-9(14-12)5-7-3-4-10(11)15-7/h7,10H,3-6H2,1-2H3/t7-,10+/m1/s1. The number of ether oxygens (including phenoxy) is 1. The zero-order valence-corrected chi connectivity index (χ0v) is 10.0. The minimum absolute atomic E-state index is 0.280. The van der Waals surface area contributed by atoms with E-state index in [9.17, 15) is 4.79 Å². The highest BCUT2D eigenvalue weighted by Gasteiger charge is 2.44. The molecule has 0 radical (unpaired) electrons. The number of thioether (sulfide) groups is 1. The molecule has 0 aromatic rings. The molecule has 3 aliphatic heterocycles. The van der Waals surface area contributed by atoms with Crippen molar-refractivity contribution < 1.29 is 9.53 Å². The lowest BCUT2D eigenvalue weighted by Gasteiger charge is -2.37. The Hall–Kier alpha value is -0.440. The van der Waals surface area contributed by atoms with Gasteiger partial charge in [0.1, 0.15) is 11.4 Å². The summed E-state index contributed by atoms with van der Waals surface area (Å²) < 4.78 is 5.97. The van der Waals surface area contributed by atoms with Gasteiger partial charge in [0.05, 0.1) is 6.42 Å². The van der Waals surface area contributed by atoms with Crippen LogP contribution in [0.2, 0.25) is 0 Å². The molecule has 0 aromatic heterocycles. The summed E-state index contributed by atoms with van der Waals surface area (Å²) in [6.07, 6.45) is 3.95. The first-order valence-electron chi connectivity index (χ1n) is 5.66. The SMILES string of the molecule is CC1(C)CC(=O)C2=C(C[C@H]3CC[C@@H]2S3)O1. The molecule has 3 heterocycles. The minimum atomic E-state index is -0.280. The van der Waals surface area contributed by atoms with E-state index in [1.807, 2.05) is 25.6 Å². The molecule has 0 spiro atoms. The van der Waals surface area contributed by atoms with Gasteiger partial charge in [0, 0.05) is 22.5 Å². The Balaban J connectivity index is 2.00. The van der Waals surface area contributed by atoms with Crippen molar-refractivity contribution in [2.45, 2.75) is 55.6 Å². The second kappa shape index (κ2) is 3.03. The van der Waals surface area contributed by atoms with Crippen LogP contribution in [-0.2, 0) is 9.53 Å². The second-order valence-electron chi connectivity index (χ2n) is 5.33. The molecule has 3 rings (SSSR count). The van der Waals surface area contributed by atoms with Crippen LogP contribution in [0.25, 0.3) is 0 Å². The fourth-order valence-corrected chi connectivity index (χ4v) is 4.50. The number of fused-ring (bicyclic) bond motifs is 3. The normalized spacial score (nSPS) is 37.6. The lowest BCUT2D eigenvalue weighted by molar-refractivity contribution is -0.123. The van der Waals surface area contributed by atoms with Crippen LogP contribution in [0.15, 0.2) is 11.3 Å². The Kier molecular flexibility index (Phi) is 1.97. The summed E-state index contributed by atoms with van der Waals surface area (Å²) in [4.78, 5) is 12.1. The number of hydrogen-bond donors (Lipinski definition) is 0. The van der Waals surface area contributed by atoms with Gasteiger partial charge in [-0.05, 0) is 26.7 Å². The molecule has 0 amide bonds. The number of carbonyl (C=O) groups excluding carboxylic acids is 1. The van der Waals surface area contributed by atoms with E-state index >= 15 is 0 Å². The van der Waals surface area contributed by atoms with Crippen LogP contribution in [0.1, 0.15) is 39.5 Å². The van der Waals surface area contributed by atoms with Crippen LogP contribution >= 0.6 is 11.8 Å². The average Bonchev–Trinajstić information content (AvgIpc) is 2.44. The summed E-state index contributed by atoms with van der Waals surface area (Å²) in [5, 5.41) is 1.15. The second-order valence-corrected chi connectivity index (χ2v) is 6.83. The van der Waals surface area contributed by atoms with Crippen molar-refractivity contribution in [3.8, 4) is 0 Å². The fraction of sp³-hybridized carbons (Fsp3) is 0.750. The molecule has 0 aromatic carbocycles. The van der Waals surface area contributed by atoms with E-state index in [1.165, 1.54) is 12.8 Å². The first kappa shape index (κ1) is 9.76. The molecular formula is C12H16O2S. The lowest BCUT2D eigenvalue weighted by Crippen LogP contribution is -2.37. The first-order valence-corrected chi connectivity index (χ1v) is 6.60. The highest BCUT2D eigenvalue weighted by molar-refractivity contribution is 8.01. The van der Waals surface area contributed by atoms with E-state index in [0.717, 1.165) is 17.8 Å². The highest BCUT2D eigenvalue weighted by atomic mass is 32.2. The van der Waals surface area contributed by atoms with Gasteiger partial charge in [-0.25, -0.2) is 0 Å². The zero-order chi connectivity index (χ0) is 10.6. The summed E-state index contributed by atoms with van der Waals surface area (Å²) in [6, 6.07) is 0. The van der Waals surface area contributed by atoms with E-state index in [4.69, 9.17) is 4.74 Å². The van der Waals surface area contributed by atoms with Gasteiger partial charge >= 0.3 is 0 Å². The highest BCUT2D eigenvalue weighted by Crippen LogP contribution is 2.50. The van der Waals surface area contributed by atoms with E-state index < -0.39 is 0 Å². The predicted octanol–water partition coefficient (Wildman–Crippen LogP) is 2.68. The van der Waals surface area contributed by atoms with Crippen LogP contribution in [0.4, 0.5) is 0 Å². The van der Waals surface area contributed by atoms with Crippen LogP contribution in [0.5, 0.6) is 0 Å². The summed E-state index contributed by atoms with van der Waals surface area (Å²) in [5.74, 6) is 1.35. The topological polar surface area (TPSA) is 26.3 Å². The molecular weight excluding hydrogens is 208 g/mol. The fourth-order valence-electron chi connectivity index (χ4n) is 2.85. The lowest BCUT2D eigenvalue weighted by atomic mass is 9.90. The molecule has 15 heavy (non-hydrogen) atoms. The quantitative estimate of drug-likeness (QED) is 0.633. The Morgan fingerprint density at radius 3 is 3.00 bits per heavy atom. The van der Waals surface area contributed by atoms with Gasteiger partial charge in [0.25, 0.3) is 0 Å². The van der Waals surface area contributed by atoms with E-state index in [1.54, 1.807) is 0 Å². The van der Waals surface area contributed by atoms with E-state index in [0.29, 0.717) is 22.7 Å². The van der Waals surface area contributed by atoms with Gasteiger partial charge in [-0.2, -0.15) is 0 Å². The molecule has 0 aliphatic carbocycles. The van der Waals surface area contributed by atoms with Crippen molar-refractivity contribution in [3.05, 3.63) is 11.3 Å². The number of carbonyl (C=O) groups is 1. The van der Waals surface area contributed by atoms with Crippen molar-refractivity contribution in [1.82, 2.24) is 0 Å². The van der Waals surface area contributed by atoms with Crippen molar-refractivity contribution in [3.63, 3.8) is 0 Å². The third kappa shape index (κ3) is 1.52. The van der Waals surface area contributed by atoms with Gasteiger partial charge in [0.15, 0.2) is 5.78 Å². The molecule has 2 nitrogen and oxygen atoms in total. The van der Waals surface area contributed by atoms with Crippen LogP contribution < -0.4 is 0 Å². The minimum Gasteiger partial charge on any atom is -0.491 e. The monoisotopic (exact) mass is 224 g/mol. The molecule has 3 aliphatic rings. The Bertz CT molecular complexity index is 357. The van der Waals surface area contributed by atoms with Crippen LogP contribution in [-0.4, -0.2) is 21.9 Å². The summed E-state index contributed by atoms with van der Waals surface area (Å²) in [5.41, 5.74) is 0.741. The average molecular weight is 224 g/mol. The maximum Gasteiger partial charge on any atom is 0.167 e. The molecule has 1 fully saturated rings. The number of rotatable bonds is 0. The number of Topliss-reactive ketones (excluding diaryl/α,β-unsaturated/α-hetero) is 1. The molecule has 2 bridgehead atoms.